The van der Waals surface area contributed by atoms with E-state index in [2.05, 4.69) is 5.32 Å². The third-order valence-electron chi connectivity index (χ3n) is 2.37. The van der Waals surface area contributed by atoms with Crippen molar-refractivity contribution in [1.82, 2.24) is 10.2 Å². The molecule has 0 radical (unpaired) electrons. The van der Waals surface area contributed by atoms with E-state index < -0.39 is 0 Å². The topological polar surface area (TPSA) is 62.6 Å². The van der Waals surface area contributed by atoms with Gasteiger partial charge < -0.3 is 9.73 Å². The summed E-state index contributed by atoms with van der Waals surface area (Å²) in [7, 11) is 0. The van der Waals surface area contributed by atoms with Gasteiger partial charge in [0, 0.05) is 6.54 Å². The lowest BCUT2D eigenvalue weighted by molar-refractivity contribution is -0.122. The van der Waals surface area contributed by atoms with Gasteiger partial charge in [0.05, 0.1) is 13.1 Å². The van der Waals surface area contributed by atoms with Crippen molar-refractivity contribution in [2.45, 2.75) is 20.4 Å². The van der Waals surface area contributed by atoms with Crippen LogP contribution >= 0.6 is 0 Å². The first-order valence-electron chi connectivity index (χ1n) is 5.72. The highest BCUT2D eigenvalue weighted by Crippen LogP contribution is 2.08. The molecule has 0 fully saturated rings. The van der Waals surface area contributed by atoms with Crippen LogP contribution in [0.2, 0.25) is 0 Å². The molecule has 17 heavy (non-hydrogen) atoms. The molecule has 0 bridgehead atoms. The van der Waals surface area contributed by atoms with E-state index in [4.69, 9.17) is 4.42 Å². The van der Waals surface area contributed by atoms with Crippen LogP contribution in [0.4, 0.5) is 0 Å². The van der Waals surface area contributed by atoms with Crippen LogP contribution in [0.25, 0.3) is 0 Å². The van der Waals surface area contributed by atoms with Gasteiger partial charge >= 0.3 is 0 Å². The number of nitrogens with one attached hydrogen (secondary N) is 1. The van der Waals surface area contributed by atoms with Crippen molar-refractivity contribution in [1.29, 1.82) is 0 Å². The van der Waals surface area contributed by atoms with Crippen molar-refractivity contribution in [3.63, 3.8) is 0 Å². The van der Waals surface area contributed by atoms with Crippen molar-refractivity contribution >= 4 is 12.2 Å². The molecule has 1 aromatic heterocycles. The highest BCUT2D eigenvalue weighted by Gasteiger charge is 2.11. The molecule has 0 saturated heterocycles. The highest BCUT2D eigenvalue weighted by molar-refractivity contribution is 5.77. The lowest BCUT2D eigenvalue weighted by Crippen LogP contribution is -2.36. The fourth-order valence-electron chi connectivity index (χ4n) is 1.50. The summed E-state index contributed by atoms with van der Waals surface area (Å²) in [5, 5.41) is 2.75. The number of hydrogen-bond acceptors (Lipinski definition) is 4. The van der Waals surface area contributed by atoms with E-state index in [9.17, 15) is 9.59 Å². The summed E-state index contributed by atoms with van der Waals surface area (Å²) < 4.78 is 5.27. The lowest BCUT2D eigenvalue weighted by Gasteiger charge is -2.18. The van der Waals surface area contributed by atoms with Gasteiger partial charge in [-0.25, -0.2) is 0 Å². The van der Waals surface area contributed by atoms with Gasteiger partial charge in [-0.3, -0.25) is 14.5 Å². The fraction of sp³-hybridized carbons (Fsp3) is 0.500. The summed E-state index contributed by atoms with van der Waals surface area (Å²) in [6.45, 7) is 6.10. The predicted molar refractivity (Wildman–Crippen MR) is 63.7 cm³/mol. The summed E-state index contributed by atoms with van der Waals surface area (Å²) in [4.78, 5) is 23.8. The third-order valence-corrected chi connectivity index (χ3v) is 2.37. The van der Waals surface area contributed by atoms with Gasteiger partial charge in [-0.15, -0.1) is 0 Å². The summed E-state index contributed by atoms with van der Waals surface area (Å²) in [6.07, 6.45) is 0.670. The van der Waals surface area contributed by atoms with E-state index in [1.165, 1.54) is 0 Å². The van der Waals surface area contributed by atoms with E-state index in [1.807, 2.05) is 18.7 Å². The minimum atomic E-state index is -0.00323. The molecular weight excluding hydrogens is 220 g/mol. The fourth-order valence-corrected chi connectivity index (χ4v) is 1.50. The number of likely N-dealkylation sites (N-methyl/N-ethyl adjacent to an activating group) is 2. The van der Waals surface area contributed by atoms with E-state index >= 15 is 0 Å². The molecule has 0 aromatic carbocycles. The van der Waals surface area contributed by atoms with E-state index in [0.717, 1.165) is 6.54 Å². The molecule has 1 rings (SSSR count). The maximum absolute atomic E-state index is 11.4. The molecule has 1 amide bonds. The Labute approximate surface area is 101 Å². The quantitative estimate of drug-likeness (QED) is 0.721. The SMILES string of the molecule is CCNC(=O)CN(CC)Cc1ccc(C=O)o1. The number of amides is 1. The van der Waals surface area contributed by atoms with Crippen molar-refractivity contribution in [3.8, 4) is 0 Å². The van der Waals surface area contributed by atoms with Gasteiger partial charge in [0.25, 0.3) is 0 Å². The van der Waals surface area contributed by atoms with Gasteiger partial charge in [-0.05, 0) is 25.6 Å². The van der Waals surface area contributed by atoms with Crippen molar-refractivity contribution in [2.75, 3.05) is 19.6 Å². The number of rotatable bonds is 7. The number of aldehydes is 1. The first kappa shape index (κ1) is 13.4. The smallest absolute Gasteiger partial charge is 0.234 e. The van der Waals surface area contributed by atoms with Gasteiger partial charge in [-0.2, -0.15) is 0 Å². The maximum Gasteiger partial charge on any atom is 0.234 e. The zero-order chi connectivity index (χ0) is 12.7. The third kappa shape index (κ3) is 4.40. The van der Waals surface area contributed by atoms with Crippen molar-refractivity contribution in [2.24, 2.45) is 0 Å². The van der Waals surface area contributed by atoms with E-state index in [1.54, 1.807) is 12.1 Å². The van der Waals surface area contributed by atoms with E-state index in [-0.39, 0.29) is 5.91 Å². The number of nitrogens with zero attached hydrogens (tertiary/aromatic N) is 1. The number of hydrogen-bond donors (Lipinski definition) is 1. The molecule has 0 saturated carbocycles. The highest BCUT2D eigenvalue weighted by atomic mass is 16.3. The van der Waals surface area contributed by atoms with Crippen LogP contribution in [-0.4, -0.2) is 36.7 Å². The summed E-state index contributed by atoms with van der Waals surface area (Å²) in [6, 6.07) is 3.38. The van der Waals surface area contributed by atoms with Gasteiger partial charge in [0.1, 0.15) is 5.76 Å². The Kier molecular flexibility index (Phi) is 5.42. The Morgan fingerprint density at radius 2 is 2.24 bits per heavy atom. The predicted octanol–water partition coefficient (Wildman–Crippen LogP) is 1.05. The first-order chi connectivity index (χ1) is 8.19. The van der Waals surface area contributed by atoms with Crippen LogP contribution in [-0.2, 0) is 11.3 Å². The van der Waals surface area contributed by atoms with Crippen LogP contribution in [0.3, 0.4) is 0 Å². The van der Waals surface area contributed by atoms with Gasteiger partial charge in [-0.1, -0.05) is 6.92 Å². The van der Waals surface area contributed by atoms with Crippen LogP contribution in [0.5, 0.6) is 0 Å². The monoisotopic (exact) mass is 238 g/mol. The van der Waals surface area contributed by atoms with Crippen LogP contribution < -0.4 is 5.32 Å². The van der Waals surface area contributed by atoms with Gasteiger partial charge in [0.15, 0.2) is 12.0 Å². The van der Waals surface area contributed by atoms with Crippen molar-refractivity contribution < 1.29 is 14.0 Å². The summed E-state index contributed by atoms with van der Waals surface area (Å²) in [5.74, 6) is 1.00. The molecule has 0 aliphatic rings. The standard InChI is InChI=1S/C12H18N2O3/c1-3-13-12(16)8-14(4-2)7-10-5-6-11(9-15)17-10/h5-6,9H,3-4,7-8H2,1-2H3,(H,13,16). The molecular formula is C12H18N2O3. The lowest BCUT2D eigenvalue weighted by atomic mass is 10.3. The molecule has 0 spiro atoms. The van der Waals surface area contributed by atoms with E-state index in [0.29, 0.717) is 37.4 Å². The summed E-state index contributed by atoms with van der Waals surface area (Å²) in [5.41, 5.74) is 0. The second kappa shape index (κ2) is 6.85. The largest absolute Gasteiger partial charge is 0.457 e. The number of carbonyl (C=O) groups excluding carboxylic acids is 2. The Balaban J connectivity index is 2.51. The normalized spacial score (nSPS) is 10.5. The molecule has 0 aliphatic heterocycles. The Morgan fingerprint density at radius 1 is 1.47 bits per heavy atom. The van der Waals surface area contributed by atoms with Crippen LogP contribution in [0, 0.1) is 0 Å². The molecule has 0 aliphatic carbocycles. The molecule has 1 N–H and O–H groups in total. The number of furan rings is 1. The molecule has 0 unspecified atom stereocenters. The minimum absolute atomic E-state index is 0.00323. The van der Waals surface area contributed by atoms with Gasteiger partial charge in [0.2, 0.25) is 5.91 Å². The Morgan fingerprint density at radius 3 is 2.76 bits per heavy atom. The number of carbonyl (C=O) groups is 2. The average Bonchev–Trinajstić information content (AvgIpc) is 2.76. The molecule has 0 atom stereocenters. The molecule has 5 heteroatoms. The summed E-state index contributed by atoms with van der Waals surface area (Å²) >= 11 is 0. The van der Waals surface area contributed by atoms with Crippen molar-refractivity contribution in [3.05, 3.63) is 23.7 Å². The Hall–Kier alpha value is -1.62. The zero-order valence-electron chi connectivity index (χ0n) is 10.2. The first-order valence-corrected chi connectivity index (χ1v) is 5.72. The molecule has 5 nitrogen and oxygen atoms in total. The average molecular weight is 238 g/mol. The molecule has 94 valence electrons. The second-order valence-electron chi connectivity index (χ2n) is 3.68. The minimum Gasteiger partial charge on any atom is -0.457 e. The maximum atomic E-state index is 11.4. The molecule has 1 heterocycles. The van der Waals surface area contributed by atoms with Crippen LogP contribution in [0.15, 0.2) is 16.5 Å². The molecule has 1 aromatic rings. The Bertz CT molecular complexity index is 374. The van der Waals surface area contributed by atoms with Crippen LogP contribution in [0.1, 0.15) is 30.2 Å². The zero-order valence-corrected chi connectivity index (χ0v) is 10.2. The second-order valence-corrected chi connectivity index (χ2v) is 3.68.